The summed E-state index contributed by atoms with van der Waals surface area (Å²) in [5.74, 6) is -0.693. The average molecular weight is 482 g/mol. The van der Waals surface area contributed by atoms with Gasteiger partial charge in [0.2, 0.25) is 5.91 Å². The Morgan fingerprint density at radius 2 is 1.40 bits per heavy atom. The third kappa shape index (κ3) is 7.31. The van der Waals surface area contributed by atoms with Crippen molar-refractivity contribution in [1.29, 1.82) is 0 Å². The van der Waals surface area contributed by atoms with Crippen molar-refractivity contribution in [3.63, 3.8) is 0 Å². The maximum Gasteiger partial charge on any atom is 0.408 e. The van der Waals surface area contributed by atoms with Gasteiger partial charge >= 0.3 is 6.09 Å². The molecule has 2 N–H and O–H groups in total. The molecule has 2 aromatic rings. The first kappa shape index (κ1) is 27.9. The van der Waals surface area contributed by atoms with Gasteiger partial charge in [0.15, 0.2) is 0 Å². The average Bonchev–Trinajstić information content (AvgIpc) is 2.72. The van der Waals surface area contributed by atoms with E-state index in [0.717, 1.165) is 22.3 Å². The number of anilines is 1. The number of alkyl carbamates (subject to hydrolysis) is 1. The molecule has 0 heterocycles. The van der Waals surface area contributed by atoms with Crippen molar-refractivity contribution in [2.75, 3.05) is 5.32 Å². The van der Waals surface area contributed by atoms with Crippen LogP contribution in [0.2, 0.25) is 0 Å². The number of ether oxygens (including phenoxy) is 1. The van der Waals surface area contributed by atoms with E-state index >= 15 is 0 Å². The maximum absolute atomic E-state index is 13.8. The van der Waals surface area contributed by atoms with Crippen molar-refractivity contribution in [2.24, 2.45) is 0 Å². The van der Waals surface area contributed by atoms with Crippen LogP contribution < -0.4 is 10.6 Å². The first-order chi connectivity index (χ1) is 16.2. The molecule has 2 unspecified atom stereocenters. The third-order valence-corrected chi connectivity index (χ3v) is 5.66. The first-order valence-corrected chi connectivity index (χ1v) is 12.0. The molecule has 2 atom stereocenters. The number of para-hydroxylation sites is 1. The van der Waals surface area contributed by atoms with E-state index in [0.29, 0.717) is 5.69 Å². The Labute approximate surface area is 209 Å². The van der Waals surface area contributed by atoms with Gasteiger partial charge in [0.05, 0.1) is 0 Å². The monoisotopic (exact) mass is 481 g/mol. The van der Waals surface area contributed by atoms with Gasteiger partial charge in [-0.3, -0.25) is 9.59 Å². The van der Waals surface area contributed by atoms with Crippen molar-refractivity contribution in [3.05, 3.63) is 64.7 Å². The summed E-state index contributed by atoms with van der Waals surface area (Å²) in [6.07, 6.45) is -0.685. The summed E-state index contributed by atoms with van der Waals surface area (Å²) in [7, 11) is 0. The van der Waals surface area contributed by atoms with E-state index in [1.165, 1.54) is 0 Å². The van der Waals surface area contributed by atoms with Crippen LogP contribution >= 0.6 is 0 Å². The smallest absolute Gasteiger partial charge is 0.408 e. The van der Waals surface area contributed by atoms with E-state index in [1.54, 1.807) is 32.6 Å². The Kier molecular flexibility index (Phi) is 9.07. The number of aryl methyl sites for hydroxylation is 3. The molecule has 0 saturated heterocycles. The minimum absolute atomic E-state index is 0.316. The molecule has 0 saturated carbocycles. The molecule has 0 aliphatic heterocycles. The summed E-state index contributed by atoms with van der Waals surface area (Å²) in [6, 6.07) is 11.2. The van der Waals surface area contributed by atoms with Crippen molar-refractivity contribution >= 4 is 23.6 Å². The molecule has 0 aliphatic carbocycles. The number of amides is 3. The van der Waals surface area contributed by atoms with E-state index in [2.05, 4.69) is 10.6 Å². The van der Waals surface area contributed by atoms with Crippen molar-refractivity contribution < 1.29 is 19.1 Å². The van der Waals surface area contributed by atoms with E-state index in [1.807, 2.05) is 77.1 Å². The predicted octanol–water partition coefficient (Wildman–Crippen LogP) is 5.44. The summed E-state index contributed by atoms with van der Waals surface area (Å²) in [5, 5.41) is 5.64. The Morgan fingerprint density at radius 1 is 0.857 bits per heavy atom. The van der Waals surface area contributed by atoms with Gasteiger partial charge in [-0.1, -0.05) is 36.4 Å². The van der Waals surface area contributed by atoms with E-state index in [9.17, 15) is 14.4 Å². The topological polar surface area (TPSA) is 87.7 Å². The summed E-state index contributed by atoms with van der Waals surface area (Å²) >= 11 is 0. The van der Waals surface area contributed by atoms with Gasteiger partial charge in [-0.2, -0.15) is 0 Å². The molecule has 190 valence electrons. The van der Waals surface area contributed by atoms with E-state index in [4.69, 9.17) is 4.74 Å². The van der Waals surface area contributed by atoms with Crippen LogP contribution in [0.15, 0.2) is 42.5 Å². The van der Waals surface area contributed by atoms with Crippen LogP contribution in [0.3, 0.4) is 0 Å². The minimum Gasteiger partial charge on any atom is -0.444 e. The van der Waals surface area contributed by atoms with E-state index < -0.39 is 23.8 Å². The summed E-state index contributed by atoms with van der Waals surface area (Å²) in [6.45, 7) is 16.4. The van der Waals surface area contributed by atoms with Gasteiger partial charge in [0.25, 0.3) is 5.91 Å². The minimum atomic E-state index is -0.898. The second-order valence-electron chi connectivity index (χ2n) is 10.2. The molecule has 0 fully saturated rings. The molecule has 35 heavy (non-hydrogen) atoms. The lowest BCUT2D eigenvalue weighted by Gasteiger charge is -2.37. The van der Waals surface area contributed by atoms with Gasteiger partial charge in [0.1, 0.15) is 17.7 Å². The number of nitrogens with one attached hydrogen (secondary N) is 2. The van der Waals surface area contributed by atoms with Gasteiger partial charge < -0.3 is 20.3 Å². The predicted molar refractivity (Wildman–Crippen MR) is 139 cm³/mol. The lowest BCUT2D eigenvalue weighted by Crippen LogP contribution is -2.53. The van der Waals surface area contributed by atoms with Crippen molar-refractivity contribution in [1.82, 2.24) is 10.2 Å². The van der Waals surface area contributed by atoms with Crippen LogP contribution in [-0.2, 0) is 14.3 Å². The highest BCUT2D eigenvalue weighted by Gasteiger charge is 2.37. The Bertz CT molecular complexity index is 1050. The largest absolute Gasteiger partial charge is 0.444 e. The standard InChI is InChI=1S/C28H39N3O4/c1-17(2)31(26(33)21(6)29-27(34)35-28(7,8)9)24(23-19(4)14-12-15-20(23)5)25(32)30-22-16-11-10-13-18(22)3/h10-17,21,24H,1-9H3,(H,29,34)(H,30,32). The molecule has 0 aromatic heterocycles. The van der Waals surface area contributed by atoms with Crippen LogP contribution in [0.5, 0.6) is 0 Å². The van der Waals surface area contributed by atoms with Gasteiger partial charge in [-0.15, -0.1) is 0 Å². The van der Waals surface area contributed by atoms with Gasteiger partial charge in [-0.25, -0.2) is 4.79 Å². The molecule has 2 rings (SSSR count). The second-order valence-corrected chi connectivity index (χ2v) is 10.2. The highest BCUT2D eigenvalue weighted by atomic mass is 16.6. The van der Waals surface area contributed by atoms with Crippen molar-refractivity contribution in [2.45, 2.75) is 86.0 Å². The number of nitrogens with zero attached hydrogens (tertiary/aromatic N) is 1. The molecular weight excluding hydrogens is 442 g/mol. The Hall–Kier alpha value is -3.35. The lowest BCUT2D eigenvalue weighted by atomic mass is 9.92. The van der Waals surface area contributed by atoms with Crippen LogP contribution in [0.1, 0.15) is 69.8 Å². The highest BCUT2D eigenvalue weighted by molar-refractivity contribution is 5.99. The second kappa shape index (κ2) is 11.4. The number of carbonyl (C=O) groups is 3. The number of benzene rings is 2. The summed E-state index contributed by atoms with van der Waals surface area (Å²) < 4.78 is 5.32. The third-order valence-electron chi connectivity index (χ3n) is 5.66. The molecule has 2 aromatic carbocycles. The van der Waals surface area contributed by atoms with Crippen molar-refractivity contribution in [3.8, 4) is 0 Å². The highest BCUT2D eigenvalue weighted by Crippen LogP contribution is 2.31. The molecule has 0 radical (unpaired) electrons. The normalized spacial score (nSPS) is 13.1. The zero-order valence-corrected chi connectivity index (χ0v) is 22.4. The van der Waals surface area contributed by atoms with Gasteiger partial charge in [-0.05, 0) is 90.6 Å². The zero-order chi connectivity index (χ0) is 26.5. The Morgan fingerprint density at radius 3 is 1.91 bits per heavy atom. The molecule has 0 bridgehead atoms. The van der Waals surface area contributed by atoms with Crippen LogP contribution in [0, 0.1) is 20.8 Å². The molecule has 0 spiro atoms. The number of carbonyl (C=O) groups excluding carboxylic acids is 3. The fourth-order valence-electron chi connectivity index (χ4n) is 4.02. The summed E-state index contributed by atoms with van der Waals surface area (Å²) in [4.78, 5) is 41.4. The quantitative estimate of drug-likeness (QED) is 0.551. The maximum atomic E-state index is 13.8. The number of hydrogen-bond donors (Lipinski definition) is 2. The van der Waals surface area contributed by atoms with E-state index in [-0.39, 0.29) is 17.9 Å². The number of rotatable bonds is 7. The van der Waals surface area contributed by atoms with Crippen LogP contribution in [0.25, 0.3) is 0 Å². The molecular formula is C28H39N3O4. The Balaban J connectivity index is 2.50. The van der Waals surface area contributed by atoms with Gasteiger partial charge in [0, 0.05) is 11.7 Å². The molecule has 7 nitrogen and oxygen atoms in total. The fourth-order valence-corrected chi connectivity index (χ4v) is 4.02. The lowest BCUT2D eigenvalue weighted by molar-refractivity contribution is -0.142. The molecule has 3 amide bonds. The summed E-state index contributed by atoms with van der Waals surface area (Å²) in [5.41, 5.74) is 3.49. The zero-order valence-electron chi connectivity index (χ0n) is 22.4. The number of hydrogen-bond acceptors (Lipinski definition) is 4. The molecule has 7 heteroatoms. The fraction of sp³-hybridized carbons (Fsp3) is 0.464. The SMILES string of the molecule is Cc1ccccc1NC(=O)C(c1c(C)cccc1C)N(C(=O)C(C)NC(=O)OC(C)(C)C)C(C)C. The molecule has 0 aliphatic rings. The van der Waals surface area contributed by atoms with Crippen LogP contribution in [-0.4, -0.2) is 40.5 Å². The van der Waals surface area contributed by atoms with Crippen LogP contribution in [0.4, 0.5) is 10.5 Å². The first-order valence-electron chi connectivity index (χ1n) is 12.0.